The normalized spacial score (nSPS) is 10.9. The maximum absolute atomic E-state index is 12.6. The van der Waals surface area contributed by atoms with Gasteiger partial charge in [-0.2, -0.15) is 0 Å². The van der Waals surface area contributed by atoms with E-state index < -0.39 is 0 Å². The lowest BCUT2D eigenvalue weighted by molar-refractivity contribution is 0.138. The van der Waals surface area contributed by atoms with E-state index in [2.05, 4.69) is 4.98 Å². The Bertz CT molecular complexity index is 859. The number of nitrogens with zero attached hydrogens (tertiary/aromatic N) is 2. The summed E-state index contributed by atoms with van der Waals surface area (Å²) in [5.41, 5.74) is 0.957. The minimum atomic E-state index is -0.0287. The standard InChI is InChI=1S/C19H20N2O3/c1-2-23-12-11-21-10-8-16-17(19(21)22)6-3-7-18(16)24-14-15-5-4-9-20-13-15/h3-10,13H,2,11-12,14H2,1H3. The van der Waals surface area contributed by atoms with Gasteiger partial charge in [-0.05, 0) is 31.2 Å². The molecule has 24 heavy (non-hydrogen) atoms. The lowest BCUT2D eigenvalue weighted by atomic mass is 10.1. The molecule has 0 spiro atoms. The zero-order valence-corrected chi connectivity index (χ0v) is 13.6. The van der Waals surface area contributed by atoms with Gasteiger partial charge in [0.25, 0.3) is 5.56 Å². The highest BCUT2D eigenvalue weighted by Crippen LogP contribution is 2.24. The predicted octanol–water partition coefficient (Wildman–Crippen LogP) is 3.01. The van der Waals surface area contributed by atoms with E-state index in [0.29, 0.717) is 37.5 Å². The van der Waals surface area contributed by atoms with Crippen LogP contribution in [0.25, 0.3) is 10.8 Å². The van der Waals surface area contributed by atoms with Crippen molar-refractivity contribution in [3.05, 3.63) is 70.9 Å². The summed E-state index contributed by atoms with van der Waals surface area (Å²) in [6.45, 7) is 4.08. The van der Waals surface area contributed by atoms with Crippen LogP contribution in [0.3, 0.4) is 0 Å². The molecule has 124 valence electrons. The van der Waals surface area contributed by atoms with Crippen LogP contribution >= 0.6 is 0 Å². The number of benzene rings is 1. The molecule has 0 radical (unpaired) electrons. The lowest BCUT2D eigenvalue weighted by Gasteiger charge is -2.11. The summed E-state index contributed by atoms with van der Waals surface area (Å²) in [4.78, 5) is 16.7. The first-order valence-electron chi connectivity index (χ1n) is 8.01. The van der Waals surface area contributed by atoms with Gasteiger partial charge < -0.3 is 14.0 Å². The van der Waals surface area contributed by atoms with E-state index >= 15 is 0 Å². The molecule has 1 aromatic carbocycles. The molecule has 0 atom stereocenters. The molecule has 3 aromatic rings. The van der Waals surface area contributed by atoms with Crippen LogP contribution in [0.5, 0.6) is 5.75 Å². The SMILES string of the molecule is CCOCCn1ccc2c(OCc3cccnc3)cccc2c1=O. The minimum absolute atomic E-state index is 0.0287. The topological polar surface area (TPSA) is 53.4 Å². The number of hydrogen-bond donors (Lipinski definition) is 0. The van der Waals surface area contributed by atoms with E-state index in [1.54, 1.807) is 23.2 Å². The summed E-state index contributed by atoms with van der Waals surface area (Å²) in [6.07, 6.45) is 5.29. The van der Waals surface area contributed by atoms with Gasteiger partial charge in [-0.15, -0.1) is 0 Å². The maximum atomic E-state index is 12.6. The molecule has 0 fully saturated rings. The molecule has 2 aromatic heterocycles. The summed E-state index contributed by atoms with van der Waals surface area (Å²) in [6, 6.07) is 11.3. The van der Waals surface area contributed by atoms with E-state index in [1.807, 2.05) is 43.3 Å². The third-order valence-electron chi connectivity index (χ3n) is 3.78. The molecular weight excluding hydrogens is 304 g/mol. The fourth-order valence-electron chi connectivity index (χ4n) is 2.54. The van der Waals surface area contributed by atoms with Crippen molar-refractivity contribution in [3.8, 4) is 5.75 Å². The smallest absolute Gasteiger partial charge is 0.258 e. The van der Waals surface area contributed by atoms with Gasteiger partial charge in [-0.25, -0.2) is 0 Å². The van der Waals surface area contributed by atoms with Gasteiger partial charge >= 0.3 is 0 Å². The lowest BCUT2D eigenvalue weighted by Crippen LogP contribution is -2.22. The molecule has 0 saturated carbocycles. The molecule has 3 rings (SSSR count). The summed E-state index contributed by atoms with van der Waals surface area (Å²) in [7, 11) is 0. The Labute approximate surface area is 140 Å². The van der Waals surface area contributed by atoms with Crippen molar-refractivity contribution in [3.63, 3.8) is 0 Å². The Morgan fingerprint density at radius 3 is 2.83 bits per heavy atom. The van der Waals surface area contributed by atoms with Crippen molar-refractivity contribution in [2.75, 3.05) is 13.2 Å². The Morgan fingerprint density at radius 2 is 2.04 bits per heavy atom. The molecule has 0 aliphatic heterocycles. The second-order valence-electron chi connectivity index (χ2n) is 5.38. The zero-order chi connectivity index (χ0) is 16.8. The zero-order valence-electron chi connectivity index (χ0n) is 13.6. The van der Waals surface area contributed by atoms with Crippen LogP contribution in [0.1, 0.15) is 12.5 Å². The first-order chi connectivity index (χ1) is 11.8. The van der Waals surface area contributed by atoms with Crippen molar-refractivity contribution in [1.82, 2.24) is 9.55 Å². The van der Waals surface area contributed by atoms with Gasteiger partial charge in [0.2, 0.25) is 0 Å². The number of aromatic nitrogens is 2. The predicted molar refractivity (Wildman–Crippen MR) is 93.3 cm³/mol. The van der Waals surface area contributed by atoms with Crippen molar-refractivity contribution in [2.45, 2.75) is 20.1 Å². The quantitative estimate of drug-likeness (QED) is 0.627. The van der Waals surface area contributed by atoms with E-state index in [4.69, 9.17) is 9.47 Å². The Hall–Kier alpha value is -2.66. The highest BCUT2D eigenvalue weighted by atomic mass is 16.5. The van der Waals surface area contributed by atoms with E-state index in [9.17, 15) is 4.79 Å². The average Bonchev–Trinajstić information content (AvgIpc) is 2.63. The Kier molecular flexibility index (Phi) is 5.23. The molecule has 0 saturated heterocycles. The third kappa shape index (κ3) is 3.63. The summed E-state index contributed by atoms with van der Waals surface area (Å²) >= 11 is 0. The van der Waals surface area contributed by atoms with Gasteiger partial charge in [0.15, 0.2) is 0 Å². The maximum Gasteiger partial charge on any atom is 0.258 e. The summed E-state index contributed by atoms with van der Waals surface area (Å²) < 4.78 is 12.9. The summed E-state index contributed by atoms with van der Waals surface area (Å²) in [5.74, 6) is 0.699. The fraction of sp³-hybridized carbons (Fsp3) is 0.263. The van der Waals surface area contributed by atoms with Gasteiger partial charge in [0.05, 0.1) is 12.0 Å². The van der Waals surface area contributed by atoms with Gasteiger partial charge in [-0.3, -0.25) is 9.78 Å². The van der Waals surface area contributed by atoms with Crippen molar-refractivity contribution in [1.29, 1.82) is 0 Å². The minimum Gasteiger partial charge on any atom is -0.488 e. The van der Waals surface area contributed by atoms with E-state index in [-0.39, 0.29) is 5.56 Å². The molecule has 0 unspecified atom stereocenters. The number of fused-ring (bicyclic) bond motifs is 1. The molecule has 0 amide bonds. The molecular formula is C19H20N2O3. The first kappa shape index (κ1) is 16.2. The number of pyridine rings is 2. The van der Waals surface area contributed by atoms with E-state index in [0.717, 1.165) is 10.9 Å². The van der Waals surface area contributed by atoms with Crippen molar-refractivity contribution < 1.29 is 9.47 Å². The first-order valence-corrected chi connectivity index (χ1v) is 8.01. The molecule has 5 heteroatoms. The summed E-state index contributed by atoms with van der Waals surface area (Å²) in [5, 5.41) is 1.47. The Balaban J connectivity index is 1.85. The van der Waals surface area contributed by atoms with Crippen LogP contribution in [0.2, 0.25) is 0 Å². The third-order valence-corrected chi connectivity index (χ3v) is 3.78. The second-order valence-corrected chi connectivity index (χ2v) is 5.38. The fourth-order valence-corrected chi connectivity index (χ4v) is 2.54. The van der Waals surface area contributed by atoms with Crippen LogP contribution in [0.15, 0.2) is 59.8 Å². The Morgan fingerprint density at radius 1 is 1.12 bits per heavy atom. The molecule has 0 N–H and O–H groups in total. The van der Waals surface area contributed by atoms with Crippen molar-refractivity contribution >= 4 is 10.8 Å². The van der Waals surface area contributed by atoms with Crippen LogP contribution in [-0.2, 0) is 17.9 Å². The van der Waals surface area contributed by atoms with Crippen LogP contribution in [0, 0.1) is 0 Å². The molecule has 0 aliphatic carbocycles. The van der Waals surface area contributed by atoms with Gasteiger partial charge in [-0.1, -0.05) is 12.1 Å². The van der Waals surface area contributed by atoms with Gasteiger partial charge in [0.1, 0.15) is 12.4 Å². The number of hydrogen-bond acceptors (Lipinski definition) is 4. The van der Waals surface area contributed by atoms with Crippen LogP contribution in [0.4, 0.5) is 0 Å². The monoisotopic (exact) mass is 324 g/mol. The molecule has 2 heterocycles. The average molecular weight is 324 g/mol. The number of ether oxygens (including phenoxy) is 2. The van der Waals surface area contributed by atoms with Crippen LogP contribution in [-0.4, -0.2) is 22.8 Å². The molecule has 0 bridgehead atoms. The van der Waals surface area contributed by atoms with E-state index in [1.165, 1.54) is 0 Å². The highest BCUT2D eigenvalue weighted by molar-refractivity contribution is 5.87. The molecule has 0 aliphatic rings. The largest absolute Gasteiger partial charge is 0.488 e. The number of rotatable bonds is 7. The van der Waals surface area contributed by atoms with Crippen LogP contribution < -0.4 is 10.3 Å². The van der Waals surface area contributed by atoms with Crippen molar-refractivity contribution in [2.24, 2.45) is 0 Å². The highest BCUT2D eigenvalue weighted by Gasteiger charge is 2.08. The molecule has 5 nitrogen and oxygen atoms in total. The second kappa shape index (κ2) is 7.75. The van der Waals surface area contributed by atoms with Gasteiger partial charge in [0, 0.05) is 42.7 Å².